The third-order valence-electron chi connectivity index (χ3n) is 5.32. The maximum Gasteiger partial charge on any atom is 0.255 e. The van der Waals surface area contributed by atoms with Crippen LogP contribution < -0.4 is 15.4 Å². The molecule has 29 heavy (non-hydrogen) atoms. The smallest absolute Gasteiger partial charge is 0.255 e. The second-order valence-electron chi connectivity index (χ2n) is 7.41. The van der Waals surface area contributed by atoms with Gasteiger partial charge in [-0.3, -0.25) is 4.79 Å². The van der Waals surface area contributed by atoms with Crippen LogP contribution in [0.4, 0.5) is 5.69 Å². The normalized spacial score (nSPS) is 16.4. The van der Waals surface area contributed by atoms with Crippen molar-refractivity contribution in [3.63, 3.8) is 0 Å². The second kappa shape index (κ2) is 9.38. The zero-order valence-corrected chi connectivity index (χ0v) is 18.9. The average molecular weight is 480 g/mol. The van der Waals surface area contributed by atoms with Crippen molar-refractivity contribution in [2.75, 3.05) is 18.4 Å². The van der Waals surface area contributed by atoms with Gasteiger partial charge in [-0.15, -0.1) is 0 Å². The molecule has 156 valence electrons. The number of anilines is 1. The summed E-state index contributed by atoms with van der Waals surface area (Å²) >= 11 is 3.39. The number of aryl methyl sites for hydroxylation is 1. The molecule has 1 fully saturated rings. The Kier molecular flexibility index (Phi) is 7.10. The molecule has 1 unspecified atom stereocenters. The number of hydrogen-bond donors (Lipinski definition) is 3. The first-order valence-electron chi connectivity index (χ1n) is 9.67. The molecule has 0 saturated carbocycles. The molecule has 0 aliphatic carbocycles. The van der Waals surface area contributed by atoms with Crippen molar-refractivity contribution in [3.05, 3.63) is 58.1 Å². The molecule has 0 aromatic heterocycles. The Morgan fingerprint density at radius 2 is 1.86 bits per heavy atom. The molecule has 2 aromatic rings. The van der Waals surface area contributed by atoms with Crippen LogP contribution in [0.15, 0.2) is 51.8 Å². The van der Waals surface area contributed by atoms with Crippen LogP contribution in [0.3, 0.4) is 0 Å². The Labute approximate surface area is 180 Å². The minimum atomic E-state index is -3.65. The summed E-state index contributed by atoms with van der Waals surface area (Å²) in [5, 5.41) is 6.12. The number of amides is 1. The number of benzene rings is 2. The Bertz CT molecular complexity index is 988. The number of sulfonamides is 1. The molecule has 3 N–H and O–H groups in total. The van der Waals surface area contributed by atoms with Gasteiger partial charge in [-0.2, -0.15) is 0 Å². The first-order valence-corrected chi connectivity index (χ1v) is 11.9. The molecule has 2 aromatic carbocycles. The molecular weight excluding hydrogens is 454 g/mol. The lowest BCUT2D eigenvalue weighted by molar-refractivity contribution is 0.102. The Hall–Kier alpha value is -1.74. The summed E-state index contributed by atoms with van der Waals surface area (Å²) < 4.78 is 28.9. The summed E-state index contributed by atoms with van der Waals surface area (Å²) in [4.78, 5) is 12.7. The van der Waals surface area contributed by atoms with Crippen LogP contribution >= 0.6 is 15.9 Å². The maximum absolute atomic E-state index is 12.8. The fourth-order valence-electron chi connectivity index (χ4n) is 3.53. The number of carbonyl (C=O) groups excluding carboxylic acids is 1. The highest BCUT2D eigenvalue weighted by molar-refractivity contribution is 9.10. The third kappa shape index (κ3) is 5.45. The van der Waals surface area contributed by atoms with Gasteiger partial charge in [-0.25, -0.2) is 13.1 Å². The Morgan fingerprint density at radius 1 is 1.17 bits per heavy atom. The van der Waals surface area contributed by atoms with Crippen LogP contribution in [0.1, 0.15) is 35.7 Å². The molecule has 1 saturated heterocycles. The summed E-state index contributed by atoms with van der Waals surface area (Å²) in [6.07, 6.45) is 1.91. The van der Waals surface area contributed by atoms with E-state index in [1.54, 1.807) is 12.1 Å². The number of nitrogens with one attached hydrogen (secondary N) is 3. The molecule has 0 radical (unpaired) electrons. The highest BCUT2D eigenvalue weighted by Crippen LogP contribution is 2.27. The van der Waals surface area contributed by atoms with E-state index in [4.69, 9.17) is 0 Å². The maximum atomic E-state index is 12.8. The average Bonchev–Trinajstić information content (AvgIpc) is 2.70. The molecule has 3 rings (SSSR count). The number of piperidine rings is 1. The first-order chi connectivity index (χ1) is 13.8. The predicted molar refractivity (Wildman–Crippen MR) is 119 cm³/mol. The number of halogens is 1. The van der Waals surface area contributed by atoms with Gasteiger partial charge < -0.3 is 10.6 Å². The summed E-state index contributed by atoms with van der Waals surface area (Å²) in [5.74, 6) is 0.0826. The fraction of sp³-hybridized carbons (Fsp3) is 0.381. The number of carbonyl (C=O) groups is 1. The molecular formula is C21H26BrN3O3S. The van der Waals surface area contributed by atoms with E-state index < -0.39 is 10.0 Å². The van der Waals surface area contributed by atoms with Crippen LogP contribution in [-0.2, 0) is 10.0 Å². The van der Waals surface area contributed by atoms with Crippen LogP contribution in [-0.4, -0.2) is 33.5 Å². The van der Waals surface area contributed by atoms with Gasteiger partial charge in [0.1, 0.15) is 0 Å². The van der Waals surface area contributed by atoms with E-state index in [9.17, 15) is 13.2 Å². The minimum absolute atomic E-state index is 0.138. The number of hydrogen-bond acceptors (Lipinski definition) is 4. The van der Waals surface area contributed by atoms with E-state index >= 15 is 0 Å². The molecule has 1 amide bonds. The minimum Gasteiger partial charge on any atom is -0.321 e. The van der Waals surface area contributed by atoms with Gasteiger partial charge in [-0.1, -0.05) is 18.2 Å². The lowest BCUT2D eigenvalue weighted by Gasteiger charge is -2.28. The summed E-state index contributed by atoms with van der Waals surface area (Å²) in [6, 6.07) is 11.8. The SMILES string of the molecule is Cc1ccccc1C(=O)Nc1ccc(S(=O)(=O)NC(C)C2CCNCC2)cc1Br. The molecule has 1 atom stereocenters. The van der Waals surface area contributed by atoms with E-state index in [1.165, 1.54) is 12.1 Å². The molecule has 8 heteroatoms. The van der Waals surface area contributed by atoms with E-state index in [1.807, 2.05) is 32.0 Å². The predicted octanol–water partition coefficient (Wildman–Crippen LogP) is 3.68. The summed E-state index contributed by atoms with van der Waals surface area (Å²) in [7, 11) is -3.65. The van der Waals surface area contributed by atoms with Gasteiger partial charge in [0.25, 0.3) is 5.91 Å². The molecule has 0 bridgehead atoms. The van der Waals surface area contributed by atoms with Crippen LogP contribution in [0, 0.1) is 12.8 Å². The van der Waals surface area contributed by atoms with E-state index in [2.05, 4.69) is 31.3 Å². The van der Waals surface area contributed by atoms with Crippen molar-refractivity contribution in [1.29, 1.82) is 0 Å². The Balaban J connectivity index is 1.72. The standard InChI is InChI=1S/C21H26BrN3O3S/c1-14-5-3-4-6-18(14)21(26)24-20-8-7-17(13-19(20)22)29(27,28)25-15(2)16-9-11-23-12-10-16/h3-8,13,15-16,23,25H,9-12H2,1-2H3,(H,24,26). The highest BCUT2D eigenvalue weighted by Gasteiger charge is 2.25. The van der Waals surface area contributed by atoms with Gasteiger partial charge in [0.2, 0.25) is 10.0 Å². The lowest BCUT2D eigenvalue weighted by atomic mass is 9.92. The zero-order chi connectivity index (χ0) is 21.0. The number of rotatable bonds is 6. The van der Waals surface area contributed by atoms with Crippen LogP contribution in [0.25, 0.3) is 0 Å². The van der Waals surface area contributed by atoms with Crippen LogP contribution in [0.2, 0.25) is 0 Å². The van der Waals surface area contributed by atoms with Crippen molar-refractivity contribution in [2.45, 2.75) is 37.6 Å². The largest absolute Gasteiger partial charge is 0.321 e. The van der Waals surface area contributed by atoms with Gasteiger partial charge in [0.15, 0.2) is 0 Å². The molecule has 1 heterocycles. The second-order valence-corrected chi connectivity index (χ2v) is 9.98. The third-order valence-corrected chi connectivity index (χ3v) is 7.53. The fourth-order valence-corrected chi connectivity index (χ4v) is 5.50. The molecule has 6 nitrogen and oxygen atoms in total. The molecule has 1 aliphatic heterocycles. The van der Waals surface area contributed by atoms with Crippen molar-refractivity contribution >= 4 is 37.5 Å². The van der Waals surface area contributed by atoms with Crippen molar-refractivity contribution in [1.82, 2.24) is 10.0 Å². The Morgan fingerprint density at radius 3 is 2.52 bits per heavy atom. The molecule has 1 aliphatic rings. The van der Waals surface area contributed by atoms with Crippen molar-refractivity contribution in [2.24, 2.45) is 5.92 Å². The monoisotopic (exact) mass is 479 g/mol. The van der Waals surface area contributed by atoms with Gasteiger partial charge >= 0.3 is 0 Å². The summed E-state index contributed by atoms with van der Waals surface area (Å²) in [6.45, 7) is 5.61. The highest BCUT2D eigenvalue weighted by atomic mass is 79.9. The topological polar surface area (TPSA) is 87.3 Å². The van der Waals surface area contributed by atoms with Crippen molar-refractivity contribution in [3.8, 4) is 0 Å². The molecule has 0 spiro atoms. The quantitative estimate of drug-likeness (QED) is 0.589. The lowest BCUT2D eigenvalue weighted by Crippen LogP contribution is -2.42. The van der Waals surface area contributed by atoms with Gasteiger partial charge in [-0.05, 0) is 91.5 Å². The first kappa shape index (κ1) is 22.0. The van der Waals surface area contributed by atoms with E-state index in [0.29, 0.717) is 21.6 Å². The zero-order valence-electron chi connectivity index (χ0n) is 16.5. The van der Waals surface area contributed by atoms with Crippen molar-refractivity contribution < 1.29 is 13.2 Å². The van der Waals surface area contributed by atoms with Gasteiger partial charge in [0, 0.05) is 16.1 Å². The van der Waals surface area contributed by atoms with Gasteiger partial charge in [0.05, 0.1) is 10.6 Å². The van der Waals surface area contributed by atoms with Crippen LogP contribution in [0.5, 0.6) is 0 Å². The summed E-state index contributed by atoms with van der Waals surface area (Å²) in [5.41, 5.74) is 1.97. The van der Waals surface area contributed by atoms with E-state index in [-0.39, 0.29) is 16.8 Å². The van der Waals surface area contributed by atoms with E-state index in [0.717, 1.165) is 31.5 Å².